The molecule has 0 bridgehead atoms. The van der Waals surface area contributed by atoms with Crippen molar-refractivity contribution >= 4 is 44.3 Å². The van der Waals surface area contributed by atoms with Crippen LogP contribution < -0.4 is 10.3 Å². The molecule has 1 N–H and O–H groups in total. The van der Waals surface area contributed by atoms with Crippen molar-refractivity contribution in [3.8, 4) is 17.6 Å². The number of ether oxygens (including phenoxy) is 3. The molecule has 0 aliphatic carbocycles. The van der Waals surface area contributed by atoms with Crippen LogP contribution in [-0.2, 0) is 24.1 Å². The zero-order chi connectivity index (χ0) is 43.3. The van der Waals surface area contributed by atoms with Gasteiger partial charge in [-0.25, -0.2) is 19.6 Å². The van der Waals surface area contributed by atoms with E-state index in [-0.39, 0.29) is 61.2 Å². The van der Waals surface area contributed by atoms with Crippen LogP contribution >= 0.6 is 8.53 Å². The SMILES string of the molecule is CC(C)N(C(C)C)P(OCCC#N)OC[C@H]1OC(n2c(N=CN(C)C)nc3c(=O)[nH]c(N=CN(C)C)nc32)CC1OC1(c2ccccc2)c2ccccc2Oc2ccccc21. The summed E-state index contributed by atoms with van der Waals surface area (Å²) in [6, 6.07) is 28.3. The predicted molar refractivity (Wildman–Crippen MR) is 236 cm³/mol. The number of H-pyrrole nitrogens is 1. The lowest BCUT2D eigenvalue weighted by Gasteiger charge is -2.43. The van der Waals surface area contributed by atoms with Crippen molar-refractivity contribution in [1.29, 1.82) is 5.26 Å². The van der Waals surface area contributed by atoms with E-state index in [0.29, 0.717) is 11.5 Å². The Morgan fingerprint density at radius 2 is 1.54 bits per heavy atom. The van der Waals surface area contributed by atoms with Gasteiger partial charge in [-0.15, -0.1) is 0 Å². The second kappa shape index (κ2) is 19.0. The number of para-hydroxylation sites is 2. The summed E-state index contributed by atoms with van der Waals surface area (Å²) in [7, 11) is 5.71. The number of imidazole rings is 1. The van der Waals surface area contributed by atoms with Crippen LogP contribution in [-0.4, -0.2) is 112 Å². The number of aromatic amines is 1. The Hall–Kier alpha value is -5.53. The summed E-state index contributed by atoms with van der Waals surface area (Å²) < 4.78 is 38.3. The van der Waals surface area contributed by atoms with E-state index < -0.39 is 38.1 Å². The molecule has 3 aromatic carbocycles. The van der Waals surface area contributed by atoms with E-state index >= 15 is 0 Å². The molecule has 2 aromatic heterocycles. The van der Waals surface area contributed by atoms with Crippen LogP contribution in [0.15, 0.2) is 93.6 Å². The fourth-order valence-electron chi connectivity index (χ4n) is 7.66. The first-order valence-corrected chi connectivity index (χ1v) is 21.4. The number of benzene rings is 3. The molecule has 2 aliphatic rings. The number of rotatable bonds is 17. The fraction of sp³-hybridized carbons (Fsp3) is 0.409. The van der Waals surface area contributed by atoms with Crippen molar-refractivity contribution in [2.75, 3.05) is 41.4 Å². The molecule has 320 valence electrons. The number of aromatic nitrogens is 4. The highest BCUT2D eigenvalue weighted by molar-refractivity contribution is 7.44. The molecule has 61 heavy (non-hydrogen) atoms. The topological polar surface area (TPSA) is 168 Å². The summed E-state index contributed by atoms with van der Waals surface area (Å²) in [6.07, 6.45) is 1.53. The zero-order valence-electron chi connectivity index (χ0n) is 35.8. The summed E-state index contributed by atoms with van der Waals surface area (Å²) in [5.41, 5.74) is 1.27. The van der Waals surface area contributed by atoms with Crippen molar-refractivity contribution in [3.63, 3.8) is 0 Å². The Morgan fingerprint density at radius 3 is 2.16 bits per heavy atom. The zero-order valence-corrected chi connectivity index (χ0v) is 36.7. The van der Waals surface area contributed by atoms with Crippen LogP contribution in [0.2, 0.25) is 0 Å². The van der Waals surface area contributed by atoms with Gasteiger partial charge >= 0.3 is 0 Å². The van der Waals surface area contributed by atoms with Gasteiger partial charge in [0.1, 0.15) is 23.8 Å². The minimum absolute atomic E-state index is 0.0648. The highest BCUT2D eigenvalue weighted by Gasteiger charge is 2.51. The number of nitrogens with one attached hydrogen (secondary N) is 1. The quantitative estimate of drug-likeness (QED) is 0.0421. The van der Waals surface area contributed by atoms with Gasteiger partial charge < -0.3 is 33.1 Å². The molecule has 3 unspecified atom stereocenters. The lowest BCUT2D eigenvalue weighted by Crippen LogP contribution is -2.42. The van der Waals surface area contributed by atoms with Gasteiger partial charge in [0.25, 0.3) is 14.1 Å². The normalized spacial score (nSPS) is 18.8. The maximum atomic E-state index is 13.6. The highest BCUT2D eigenvalue weighted by atomic mass is 31.2. The average molecular weight is 849 g/mol. The van der Waals surface area contributed by atoms with Gasteiger partial charge in [0.05, 0.1) is 44.5 Å². The Bertz CT molecular complexity index is 2390. The van der Waals surface area contributed by atoms with E-state index in [1.54, 1.807) is 27.0 Å². The minimum Gasteiger partial charge on any atom is -0.457 e. The van der Waals surface area contributed by atoms with Crippen LogP contribution in [0.3, 0.4) is 0 Å². The molecular formula is C44H53N10O6P. The summed E-state index contributed by atoms with van der Waals surface area (Å²) >= 11 is 0. The molecular weight excluding hydrogens is 796 g/mol. The van der Waals surface area contributed by atoms with Gasteiger partial charge in [0, 0.05) is 57.8 Å². The molecule has 16 nitrogen and oxygen atoms in total. The van der Waals surface area contributed by atoms with Crippen LogP contribution in [0, 0.1) is 11.3 Å². The van der Waals surface area contributed by atoms with Gasteiger partial charge in [-0.05, 0) is 45.4 Å². The van der Waals surface area contributed by atoms with Crippen molar-refractivity contribution in [2.24, 2.45) is 9.98 Å². The Labute approximate surface area is 357 Å². The van der Waals surface area contributed by atoms with Crippen molar-refractivity contribution in [3.05, 3.63) is 106 Å². The number of hydrogen-bond donors (Lipinski definition) is 1. The Kier molecular flexibility index (Phi) is 13.6. The molecule has 0 amide bonds. The van der Waals surface area contributed by atoms with Crippen molar-refractivity contribution in [1.82, 2.24) is 34.0 Å². The molecule has 1 fully saturated rings. The van der Waals surface area contributed by atoms with Crippen LogP contribution in [0.4, 0.5) is 11.9 Å². The molecule has 5 aromatic rings. The standard InChI is InChI=1S/C44H53N10O6P/c1-29(2)54(30(3)4)61(56-24-16-23-45)57-26-37-36(60-44(31-17-10-9-11-18-31)32-19-12-14-21-34(32)58-35-22-15-13-20-33(35)44)25-38(59-37)53-40-39(48-43(53)47-28-52(7)8)41(55)50-42(49-40)46-27-51(5)6/h9-15,17-22,27-30,36-38H,16,24-26H2,1-8H3,(H,49,50,55)/t36?,37-,38?,61?/m1/s1. The molecule has 1 saturated heterocycles. The van der Waals surface area contributed by atoms with E-state index in [9.17, 15) is 10.1 Å². The lowest BCUT2D eigenvalue weighted by atomic mass is 9.77. The summed E-state index contributed by atoms with van der Waals surface area (Å²) in [5.74, 6) is 1.65. The monoisotopic (exact) mass is 848 g/mol. The maximum absolute atomic E-state index is 13.6. The first-order chi connectivity index (χ1) is 29.4. The van der Waals surface area contributed by atoms with Gasteiger partial charge in [0.15, 0.2) is 16.8 Å². The van der Waals surface area contributed by atoms with Gasteiger partial charge in [-0.3, -0.25) is 14.3 Å². The average Bonchev–Trinajstić information content (AvgIpc) is 3.81. The molecule has 0 radical (unpaired) electrons. The highest BCUT2D eigenvalue weighted by Crippen LogP contribution is 2.55. The molecule has 2 aliphatic heterocycles. The minimum atomic E-state index is -1.63. The van der Waals surface area contributed by atoms with Crippen molar-refractivity contribution in [2.45, 2.75) is 76.7 Å². The molecule has 17 heteroatoms. The molecule has 4 atom stereocenters. The third-order valence-corrected chi connectivity index (χ3v) is 12.1. The van der Waals surface area contributed by atoms with E-state index in [2.05, 4.69) is 65.5 Å². The van der Waals surface area contributed by atoms with E-state index in [0.717, 1.165) is 16.7 Å². The van der Waals surface area contributed by atoms with Gasteiger partial charge in [-0.1, -0.05) is 66.7 Å². The lowest BCUT2D eigenvalue weighted by molar-refractivity contribution is -0.0989. The third kappa shape index (κ3) is 9.23. The van der Waals surface area contributed by atoms with Crippen LogP contribution in [0.25, 0.3) is 11.2 Å². The predicted octanol–water partition coefficient (Wildman–Crippen LogP) is 7.63. The van der Waals surface area contributed by atoms with Crippen LogP contribution in [0.1, 0.15) is 63.5 Å². The first kappa shape index (κ1) is 43.6. The summed E-state index contributed by atoms with van der Waals surface area (Å²) in [6.45, 7) is 8.65. The number of nitriles is 1. The smallest absolute Gasteiger partial charge is 0.280 e. The molecule has 4 heterocycles. The largest absolute Gasteiger partial charge is 0.457 e. The maximum Gasteiger partial charge on any atom is 0.280 e. The number of fused-ring (bicyclic) bond motifs is 3. The van der Waals surface area contributed by atoms with E-state index in [1.165, 1.54) is 0 Å². The Balaban J connectivity index is 1.39. The first-order valence-electron chi connectivity index (χ1n) is 20.3. The van der Waals surface area contributed by atoms with Gasteiger partial charge in [0.2, 0.25) is 11.9 Å². The van der Waals surface area contributed by atoms with Crippen LogP contribution in [0.5, 0.6) is 11.5 Å². The fourth-order valence-corrected chi connectivity index (χ4v) is 9.28. The molecule has 0 saturated carbocycles. The second-order valence-electron chi connectivity index (χ2n) is 15.8. The van der Waals surface area contributed by atoms with E-state index in [1.807, 2.05) is 94.9 Å². The number of nitrogens with zero attached hydrogens (tertiary/aromatic N) is 9. The number of aliphatic imine (C=N–C) groups is 2. The van der Waals surface area contributed by atoms with Crippen molar-refractivity contribution < 1.29 is 23.3 Å². The summed E-state index contributed by atoms with van der Waals surface area (Å²) in [5, 5.41) is 9.38. The number of hydrogen-bond acceptors (Lipinski definition) is 12. The van der Waals surface area contributed by atoms with E-state index in [4.69, 9.17) is 33.2 Å². The Morgan fingerprint density at radius 1 is 0.918 bits per heavy atom. The summed E-state index contributed by atoms with van der Waals surface area (Å²) in [4.78, 5) is 38.4. The molecule has 7 rings (SSSR count). The molecule has 0 spiro atoms. The third-order valence-electron chi connectivity index (χ3n) is 10.1. The van der Waals surface area contributed by atoms with Gasteiger partial charge in [-0.2, -0.15) is 10.2 Å². The second-order valence-corrected chi connectivity index (χ2v) is 17.2.